The molecule has 0 spiro atoms. The van der Waals surface area contributed by atoms with Gasteiger partial charge >= 0.3 is 5.97 Å². The molecule has 1 heterocycles. The summed E-state index contributed by atoms with van der Waals surface area (Å²) in [5.74, 6) is -1.38. The molecule has 0 bridgehead atoms. The average Bonchev–Trinajstić information content (AvgIpc) is 1.88. The van der Waals surface area contributed by atoms with Crippen molar-refractivity contribution in [2.75, 3.05) is 0 Å². The van der Waals surface area contributed by atoms with Crippen LogP contribution in [0, 0.1) is 0 Å². The van der Waals surface area contributed by atoms with Crippen molar-refractivity contribution < 1.29 is 9.90 Å². The molecule has 6 heteroatoms. The maximum Gasteiger partial charge on any atom is 0.362 e. The molecule has 0 aromatic carbocycles. The van der Waals surface area contributed by atoms with E-state index in [-0.39, 0.29) is 0 Å². The molecule has 1 rings (SSSR count). The van der Waals surface area contributed by atoms with Gasteiger partial charge in [-0.3, -0.25) is 4.79 Å². The molecule has 6 nitrogen and oxygen atoms in total. The van der Waals surface area contributed by atoms with Gasteiger partial charge in [0.05, 0.1) is 0 Å². The Balaban J connectivity index is 3.29. The van der Waals surface area contributed by atoms with Gasteiger partial charge in [0, 0.05) is 0 Å². The van der Waals surface area contributed by atoms with Crippen LogP contribution in [0.4, 0.5) is 0 Å². The molecule has 1 aromatic rings. The summed E-state index contributed by atoms with van der Waals surface area (Å²) < 4.78 is 0. The highest BCUT2D eigenvalue weighted by Crippen LogP contribution is 1.76. The van der Waals surface area contributed by atoms with Gasteiger partial charge in [-0.2, -0.15) is 0 Å². The first-order valence-electron chi connectivity index (χ1n) is 2.35. The number of carboxylic acids is 1. The van der Waals surface area contributed by atoms with Gasteiger partial charge in [0.15, 0.2) is 0 Å². The van der Waals surface area contributed by atoms with E-state index in [9.17, 15) is 9.59 Å². The fourth-order valence-corrected chi connectivity index (χ4v) is 0.428. The van der Waals surface area contributed by atoms with E-state index in [1.54, 1.807) is 0 Å². The zero-order valence-corrected chi connectivity index (χ0v) is 4.74. The van der Waals surface area contributed by atoms with Crippen molar-refractivity contribution in [2.24, 2.45) is 0 Å². The third-order valence-corrected chi connectivity index (χ3v) is 0.829. The van der Waals surface area contributed by atoms with Crippen molar-refractivity contribution in [2.45, 2.75) is 0 Å². The van der Waals surface area contributed by atoms with E-state index in [0.29, 0.717) is 0 Å². The minimum Gasteiger partial charge on any atom is -0.476 e. The molecule has 0 aliphatic rings. The number of H-pyrrole nitrogens is 1. The maximum absolute atomic E-state index is 10.5. The van der Waals surface area contributed by atoms with E-state index in [2.05, 4.69) is 15.2 Å². The predicted molar refractivity (Wildman–Crippen MR) is 29.6 cm³/mol. The molecule has 0 radical (unpaired) electrons. The maximum atomic E-state index is 10.5. The number of aromatic nitrogens is 3. The van der Waals surface area contributed by atoms with Crippen molar-refractivity contribution in [3.8, 4) is 0 Å². The van der Waals surface area contributed by atoms with E-state index < -0.39 is 17.2 Å². The normalized spacial score (nSPS) is 9.20. The lowest BCUT2D eigenvalue weighted by Gasteiger charge is -1.85. The Morgan fingerprint density at radius 1 is 1.70 bits per heavy atom. The van der Waals surface area contributed by atoms with E-state index in [1.807, 2.05) is 0 Å². The van der Waals surface area contributed by atoms with Crippen molar-refractivity contribution in [3.05, 3.63) is 22.4 Å². The van der Waals surface area contributed by atoms with E-state index in [0.717, 1.165) is 6.33 Å². The molecule has 0 atom stereocenters. The van der Waals surface area contributed by atoms with Gasteiger partial charge in [-0.25, -0.2) is 4.79 Å². The summed E-state index contributed by atoms with van der Waals surface area (Å²) in [5.41, 5.74) is -1.34. The molecule has 0 aliphatic carbocycles. The van der Waals surface area contributed by atoms with E-state index in [4.69, 9.17) is 5.11 Å². The number of rotatable bonds is 1. The summed E-state index contributed by atoms with van der Waals surface area (Å²) in [6.45, 7) is 0. The highest BCUT2D eigenvalue weighted by molar-refractivity contribution is 5.84. The summed E-state index contributed by atoms with van der Waals surface area (Å²) in [5, 5.41) is 14.5. The Morgan fingerprint density at radius 2 is 2.40 bits per heavy atom. The second kappa shape index (κ2) is 2.26. The van der Waals surface area contributed by atoms with Gasteiger partial charge in [0.2, 0.25) is 5.69 Å². The quantitative estimate of drug-likeness (QED) is 0.515. The molecule has 0 aliphatic heterocycles. The first kappa shape index (κ1) is 6.40. The number of aromatic amines is 1. The van der Waals surface area contributed by atoms with Crippen LogP contribution in [0.3, 0.4) is 0 Å². The molecule has 1 aromatic heterocycles. The van der Waals surface area contributed by atoms with Crippen LogP contribution in [-0.4, -0.2) is 26.3 Å². The van der Waals surface area contributed by atoms with Gasteiger partial charge in [-0.15, -0.1) is 10.2 Å². The first-order valence-corrected chi connectivity index (χ1v) is 2.35. The van der Waals surface area contributed by atoms with E-state index >= 15 is 0 Å². The minimum absolute atomic E-state index is 0.595. The summed E-state index contributed by atoms with van der Waals surface area (Å²) in [4.78, 5) is 22.7. The van der Waals surface area contributed by atoms with Crippen molar-refractivity contribution in [1.29, 1.82) is 0 Å². The monoisotopic (exact) mass is 141 g/mol. The Kier molecular flexibility index (Phi) is 1.44. The number of hydrogen-bond donors (Lipinski definition) is 2. The number of aromatic carboxylic acids is 1. The minimum atomic E-state index is -1.38. The van der Waals surface area contributed by atoms with Gasteiger partial charge in [0.25, 0.3) is 5.56 Å². The molecule has 0 saturated heterocycles. The first-order chi connectivity index (χ1) is 4.72. The van der Waals surface area contributed by atoms with Crippen LogP contribution >= 0.6 is 0 Å². The lowest BCUT2D eigenvalue weighted by atomic mass is 10.5. The Labute approximate surface area is 54.5 Å². The zero-order chi connectivity index (χ0) is 7.56. The number of hydrogen-bond acceptors (Lipinski definition) is 4. The highest BCUT2D eigenvalue weighted by Gasteiger charge is 2.08. The van der Waals surface area contributed by atoms with Crippen LogP contribution in [0.15, 0.2) is 11.1 Å². The fraction of sp³-hybridized carbons (Fsp3) is 0. The molecular weight excluding hydrogens is 138 g/mol. The lowest BCUT2D eigenvalue weighted by Crippen LogP contribution is -2.19. The second-order valence-corrected chi connectivity index (χ2v) is 1.47. The third kappa shape index (κ3) is 0.993. The lowest BCUT2D eigenvalue weighted by molar-refractivity contribution is 0.0687. The largest absolute Gasteiger partial charge is 0.476 e. The molecule has 2 N–H and O–H groups in total. The highest BCUT2D eigenvalue weighted by atomic mass is 16.4. The van der Waals surface area contributed by atoms with E-state index in [1.165, 1.54) is 0 Å². The molecular formula is C4H3N3O3. The van der Waals surface area contributed by atoms with Crippen LogP contribution in [0.1, 0.15) is 10.5 Å². The number of carboxylic acid groups (broad SMARTS) is 1. The Bertz CT molecular complexity index is 305. The van der Waals surface area contributed by atoms with Gasteiger partial charge in [-0.05, 0) is 0 Å². The SMILES string of the molecule is O=C(O)c1nnc[nH]c1=O. The summed E-state index contributed by atoms with van der Waals surface area (Å²) in [7, 11) is 0. The molecule has 52 valence electrons. The summed E-state index contributed by atoms with van der Waals surface area (Å²) in [6, 6.07) is 0. The molecule has 0 fully saturated rings. The summed E-state index contributed by atoms with van der Waals surface area (Å²) >= 11 is 0. The van der Waals surface area contributed by atoms with Gasteiger partial charge < -0.3 is 10.1 Å². The number of carbonyl (C=O) groups is 1. The molecule has 10 heavy (non-hydrogen) atoms. The zero-order valence-electron chi connectivity index (χ0n) is 4.74. The fourth-order valence-electron chi connectivity index (χ4n) is 0.428. The molecule has 0 amide bonds. The van der Waals surface area contributed by atoms with Gasteiger partial charge in [-0.1, -0.05) is 0 Å². The van der Waals surface area contributed by atoms with Crippen LogP contribution in [-0.2, 0) is 0 Å². The molecule has 0 saturated carbocycles. The van der Waals surface area contributed by atoms with Crippen molar-refractivity contribution in [3.63, 3.8) is 0 Å². The number of nitrogens with one attached hydrogen (secondary N) is 1. The number of nitrogens with zero attached hydrogens (tertiary/aromatic N) is 2. The molecule has 0 unspecified atom stereocenters. The third-order valence-electron chi connectivity index (χ3n) is 0.829. The van der Waals surface area contributed by atoms with Crippen molar-refractivity contribution >= 4 is 5.97 Å². The average molecular weight is 141 g/mol. The second-order valence-electron chi connectivity index (χ2n) is 1.47. The van der Waals surface area contributed by atoms with Gasteiger partial charge in [0.1, 0.15) is 6.33 Å². The summed E-state index contributed by atoms with van der Waals surface area (Å²) in [6.07, 6.45) is 1.02. The Hall–Kier alpha value is -1.72. The smallest absolute Gasteiger partial charge is 0.362 e. The van der Waals surface area contributed by atoms with Crippen LogP contribution in [0.2, 0.25) is 0 Å². The van der Waals surface area contributed by atoms with Crippen LogP contribution in [0.25, 0.3) is 0 Å². The topological polar surface area (TPSA) is 95.9 Å². The van der Waals surface area contributed by atoms with Crippen LogP contribution < -0.4 is 5.56 Å². The Morgan fingerprint density at radius 3 is 2.80 bits per heavy atom. The van der Waals surface area contributed by atoms with Crippen LogP contribution in [0.5, 0.6) is 0 Å². The standard InChI is InChI=1S/C4H3N3O3/c8-3-2(4(9)10)7-6-1-5-3/h1H,(H,9,10)(H,5,6,8). The predicted octanol–water partition coefficient (Wildman–Crippen LogP) is -1.14. The van der Waals surface area contributed by atoms with Crippen molar-refractivity contribution in [1.82, 2.24) is 15.2 Å².